The lowest BCUT2D eigenvalue weighted by atomic mass is 10.0. The van der Waals surface area contributed by atoms with Gasteiger partial charge in [-0.3, -0.25) is 0 Å². The van der Waals surface area contributed by atoms with Crippen molar-refractivity contribution < 1.29 is 14.6 Å². The molecule has 5 nitrogen and oxygen atoms in total. The van der Waals surface area contributed by atoms with E-state index in [0.29, 0.717) is 28.8 Å². The second-order valence-corrected chi connectivity index (χ2v) is 5.34. The van der Waals surface area contributed by atoms with Gasteiger partial charge in [-0.05, 0) is 24.5 Å². The molecule has 1 aromatic rings. The number of aliphatic hydroxyl groups is 1. The van der Waals surface area contributed by atoms with Gasteiger partial charge in [0, 0.05) is 0 Å². The number of halogens is 1. The zero-order valence-electron chi connectivity index (χ0n) is 11.9. The molecule has 20 heavy (non-hydrogen) atoms. The Morgan fingerprint density at radius 3 is 2.70 bits per heavy atom. The fourth-order valence-electron chi connectivity index (χ4n) is 1.91. The van der Waals surface area contributed by atoms with Gasteiger partial charge in [0.15, 0.2) is 5.75 Å². The van der Waals surface area contributed by atoms with Gasteiger partial charge >= 0.3 is 6.03 Å². The van der Waals surface area contributed by atoms with Gasteiger partial charge in [0.25, 0.3) is 0 Å². The molecule has 0 aliphatic rings. The third-order valence-corrected chi connectivity index (χ3v) is 3.03. The molecule has 1 aromatic carbocycles. The number of benzene rings is 1. The predicted octanol–water partition coefficient (Wildman–Crippen LogP) is 2.88. The van der Waals surface area contributed by atoms with E-state index in [4.69, 9.17) is 16.3 Å². The lowest BCUT2D eigenvalue weighted by molar-refractivity contribution is 0.214. The van der Waals surface area contributed by atoms with Gasteiger partial charge in [0.1, 0.15) is 0 Å². The van der Waals surface area contributed by atoms with Gasteiger partial charge in [-0.25, -0.2) is 4.79 Å². The maximum absolute atomic E-state index is 11.9. The molecule has 0 fully saturated rings. The number of rotatable bonds is 6. The zero-order chi connectivity index (χ0) is 15.1. The van der Waals surface area contributed by atoms with Crippen LogP contribution < -0.4 is 15.4 Å². The summed E-state index contributed by atoms with van der Waals surface area (Å²) in [5.74, 6) is 0.793. The number of amides is 2. The number of hydrogen-bond donors (Lipinski definition) is 3. The number of ether oxygens (including phenoxy) is 1. The average Bonchev–Trinajstić information content (AvgIpc) is 2.37. The van der Waals surface area contributed by atoms with E-state index < -0.39 is 6.03 Å². The van der Waals surface area contributed by atoms with Crippen molar-refractivity contribution in [3.05, 3.63) is 23.2 Å². The highest BCUT2D eigenvalue weighted by Gasteiger charge is 2.15. The Balaban J connectivity index is 2.69. The van der Waals surface area contributed by atoms with Crippen LogP contribution in [0.5, 0.6) is 5.75 Å². The van der Waals surface area contributed by atoms with Gasteiger partial charge in [0.05, 0.1) is 30.5 Å². The summed E-state index contributed by atoms with van der Waals surface area (Å²) in [6, 6.07) is 4.42. The largest absolute Gasteiger partial charge is 0.493 e. The van der Waals surface area contributed by atoms with Crippen molar-refractivity contribution >= 4 is 23.3 Å². The molecule has 1 unspecified atom stereocenters. The molecule has 3 N–H and O–H groups in total. The Kier molecular flexibility index (Phi) is 6.61. The van der Waals surface area contributed by atoms with Gasteiger partial charge in [0.2, 0.25) is 0 Å². The van der Waals surface area contributed by atoms with Crippen LogP contribution in [0.15, 0.2) is 18.2 Å². The fraction of sp³-hybridized carbons (Fsp3) is 0.500. The zero-order valence-corrected chi connectivity index (χ0v) is 12.7. The minimum Gasteiger partial charge on any atom is -0.493 e. The van der Waals surface area contributed by atoms with Crippen molar-refractivity contribution in [1.29, 1.82) is 0 Å². The van der Waals surface area contributed by atoms with Crippen LogP contribution in [0, 0.1) is 5.92 Å². The van der Waals surface area contributed by atoms with E-state index in [0.717, 1.165) is 0 Å². The Morgan fingerprint density at radius 2 is 2.15 bits per heavy atom. The van der Waals surface area contributed by atoms with Crippen molar-refractivity contribution in [3.63, 3.8) is 0 Å². The minimum atomic E-state index is -0.398. The molecule has 1 atom stereocenters. The Morgan fingerprint density at radius 1 is 1.45 bits per heavy atom. The van der Waals surface area contributed by atoms with E-state index in [1.807, 2.05) is 13.8 Å². The first-order valence-electron chi connectivity index (χ1n) is 6.48. The van der Waals surface area contributed by atoms with Crippen LogP contribution in [0.1, 0.15) is 20.3 Å². The number of aliphatic hydroxyl groups excluding tert-OH is 1. The first-order chi connectivity index (χ1) is 9.47. The summed E-state index contributed by atoms with van der Waals surface area (Å²) in [4.78, 5) is 11.9. The number of urea groups is 1. The monoisotopic (exact) mass is 300 g/mol. The maximum atomic E-state index is 11.9. The number of carbonyl (C=O) groups excluding carboxylic acids is 1. The van der Waals surface area contributed by atoms with Crippen LogP contribution >= 0.6 is 11.6 Å². The van der Waals surface area contributed by atoms with E-state index in [1.54, 1.807) is 18.2 Å². The summed E-state index contributed by atoms with van der Waals surface area (Å²) in [6.45, 7) is 3.96. The SMILES string of the molecule is COc1c(Cl)cccc1NC(=O)NC(CO)CC(C)C. The number of carbonyl (C=O) groups is 1. The van der Waals surface area contributed by atoms with E-state index in [2.05, 4.69) is 10.6 Å². The highest BCUT2D eigenvalue weighted by atomic mass is 35.5. The van der Waals surface area contributed by atoms with Crippen LogP contribution in [0.2, 0.25) is 5.02 Å². The number of methoxy groups -OCH3 is 1. The highest BCUT2D eigenvalue weighted by molar-refractivity contribution is 6.32. The molecule has 0 aliphatic heterocycles. The Bertz CT molecular complexity index is 452. The first-order valence-corrected chi connectivity index (χ1v) is 6.86. The lowest BCUT2D eigenvalue weighted by Crippen LogP contribution is -2.41. The summed E-state index contributed by atoms with van der Waals surface area (Å²) in [5, 5.41) is 15.1. The molecule has 0 saturated heterocycles. The summed E-state index contributed by atoms with van der Waals surface area (Å²) in [7, 11) is 1.49. The molecule has 0 heterocycles. The van der Waals surface area contributed by atoms with E-state index in [9.17, 15) is 9.90 Å². The molecule has 0 radical (unpaired) electrons. The van der Waals surface area contributed by atoms with E-state index in [1.165, 1.54) is 7.11 Å². The van der Waals surface area contributed by atoms with E-state index in [-0.39, 0.29) is 12.6 Å². The summed E-state index contributed by atoms with van der Waals surface area (Å²) in [5.41, 5.74) is 0.485. The molecule has 6 heteroatoms. The fourth-order valence-corrected chi connectivity index (χ4v) is 2.16. The number of para-hydroxylation sites is 1. The topological polar surface area (TPSA) is 70.6 Å². The van der Waals surface area contributed by atoms with Crippen LogP contribution in [0.4, 0.5) is 10.5 Å². The Labute approximate surface area is 124 Å². The Hall–Kier alpha value is -1.46. The molecule has 0 spiro atoms. The second kappa shape index (κ2) is 7.97. The molecule has 0 aromatic heterocycles. The third-order valence-electron chi connectivity index (χ3n) is 2.73. The maximum Gasteiger partial charge on any atom is 0.319 e. The van der Waals surface area contributed by atoms with Crippen molar-refractivity contribution in [2.24, 2.45) is 5.92 Å². The smallest absolute Gasteiger partial charge is 0.319 e. The predicted molar refractivity (Wildman–Crippen MR) is 80.5 cm³/mol. The molecule has 0 bridgehead atoms. The van der Waals surface area contributed by atoms with Crippen molar-refractivity contribution in [3.8, 4) is 5.75 Å². The lowest BCUT2D eigenvalue weighted by Gasteiger charge is -2.19. The molecule has 1 rings (SSSR count). The second-order valence-electron chi connectivity index (χ2n) is 4.93. The van der Waals surface area contributed by atoms with Crippen LogP contribution in [-0.4, -0.2) is 30.9 Å². The van der Waals surface area contributed by atoms with Crippen LogP contribution in [-0.2, 0) is 0 Å². The molecule has 112 valence electrons. The molecule has 2 amide bonds. The number of nitrogens with one attached hydrogen (secondary N) is 2. The van der Waals surface area contributed by atoms with Crippen molar-refractivity contribution in [2.75, 3.05) is 19.0 Å². The van der Waals surface area contributed by atoms with Crippen molar-refractivity contribution in [2.45, 2.75) is 26.3 Å². The summed E-state index contributed by atoms with van der Waals surface area (Å²) in [6.07, 6.45) is 0.705. The van der Waals surface area contributed by atoms with Gasteiger partial charge in [-0.1, -0.05) is 31.5 Å². The molecular formula is C14H21ClN2O3. The highest BCUT2D eigenvalue weighted by Crippen LogP contribution is 2.32. The minimum absolute atomic E-state index is 0.0989. The van der Waals surface area contributed by atoms with Crippen molar-refractivity contribution in [1.82, 2.24) is 5.32 Å². The third kappa shape index (κ3) is 4.90. The van der Waals surface area contributed by atoms with Gasteiger partial charge in [-0.2, -0.15) is 0 Å². The van der Waals surface area contributed by atoms with Gasteiger partial charge in [-0.15, -0.1) is 0 Å². The first kappa shape index (κ1) is 16.6. The van der Waals surface area contributed by atoms with Crippen LogP contribution in [0.3, 0.4) is 0 Å². The van der Waals surface area contributed by atoms with E-state index >= 15 is 0 Å². The number of anilines is 1. The molecular weight excluding hydrogens is 280 g/mol. The summed E-state index contributed by atoms with van der Waals surface area (Å²) < 4.78 is 5.15. The molecule has 0 aliphatic carbocycles. The standard InChI is InChI=1S/C14H21ClN2O3/c1-9(2)7-10(8-18)16-14(19)17-12-6-4-5-11(15)13(12)20-3/h4-6,9-10,18H,7-8H2,1-3H3,(H2,16,17,19). The quantitative estimate of drug-likeness (QED) is 0.756. The van der Waals surface area contributed by atoms with Crippen LogP contribution in [0.25, 0.3) is 0 Å². The average molecular weight is 301 g/mol. The molecule has 0 saturated carbocycles. The number of hydrogen-bond acceptors (Lipinski definition) is 3. The normalized spacial score (nSPS) is 12.1. The summed E-state index contributed by atoms with van der Waals surface area (Å²) >= 11 is 5.98. The van der Waals surface area contributed by atoms with Gasteiger partial charge < -0.3 is 20.5 Å².